The van der Waals surface area contributed by atoms with Crippen molar-refractivity contribution in [1.82, 2.24) is 10.6 Å². The van der Waals surface area contributed by atoms with Gasteiger partial charge in [0.05, 0.1) is 6.04 Å². The molecule has 0 radical (unpaired) electrons. The highest BCUT2D eigenvalue weighted by atomic mass is 16.5. The lowest BCUT2D eigenvalue weighted by Gasteiger charge is -2.31. The van der Waals surface area contributed by atoms with E-state index in [1.165, 1.54) is 0 Å². The number of rotatable bonds is 6. The number of nitrogens with one attached hydrogen (secondary N) is 2. The number of fused-ring (bicyclic) bond motifs is 3. The van der Waals surface area contributed by atoms with Gasteiger partial charge in [-0.05, 0) is 40.5 Å². The number of amides is 2. The second-order valence-electron chi connectivity index (χ2n) is 10.3. The number of hydrogen-bond donors (Lipinski definition) is 3. The summed E-state index contributed by atoms with van der Waals surface area (Å²) in [5.74, 6) is -1.84. The molecular formula is C28H32N2O5. The number of carbonyl (C=O) groups is 3. The van der Waals surface area contributed by atoms with Gasteiger partial charge in [-0.25, -0.2) is 9.59 Å². The molecule has 2 aromatic carbocycles. The Morgan fingerprint density at radius 1 is 1.03 bits per heavy atom. The van der Waals surface area contributed by atoms with Gasteiger partial charge in [0.15, 0.2) is 0 Å². The first-order chi connectivity index (χ1) is 16.6. The number of ether oxygens (including phenoxy) is 1. The van der Waals surface area contributed by atoms with Crippen LogP contribution in [0.25, 0.3) is 11.1 Å². The monoisotopic (exact) mass is 476 g/mol. The van der Waals surface area contributed by atoms with Crippen molar-refractivity contribution in [3.05, 3.63) is 71.8 Å². The van der Waals surface area contributed by atoms with Crippen LogP contribution < -0.4 is 10.6 Å². The molecule has 0 spiro atoms. The van der Waals surface area contributed by atoms with Crippen LogP contribution in [-0.4, -0.2) is 41.8 Å². The Morgan fingerprint density at radius 2 is 1.63 bits per heavy atom. The Kier molecular flexibility index (Phi) is 6.96. The summed E-state index contributed by atoms with van der Waals surface area (Å²) in [7, 11) is 0. The largest absolute Gasteiger partial charge is 0.480 e. The van der Waals surface area contributed by atoms with Crippen LogP contribution in [-0.2, 0) is 14.3 Å². The summed E-state index contributed by atoms with van der Waals surface area (Å²) in [5.41, 5.74) is 3.99. The summed E-state index contributed by atoms with van der Waals surface area (Å²) in [5, 5.41) is 15.0. The molecular weight excluding hydrogens is 444 g/mol. The van der Waals surface area contributed by atoms with Crippen molar-refractivity contribution in [2.24, 2.45) is 11.3 Å². The molecule has 0 fully saturated rings. The third-order valence-electron chi connectivity index (χ3n) is 6.74. The first-order valence-corrected chi connectivity index (χ1v) is 12.0. The molecule has 0 heterocycles. The Bertz CT molecular complexity index is 1100. The average Bonchev–Trinajstić information content (AvgIpc) is 3.14. The quantitative estimate of drug-likeness (QED) is 0.534. The number of alkyl carbamates (subject to hydrolysis) is 1. The SMILES string of the molecule is CC(C)(C)[C@H](NC(=O)[C@@H]1CC=C[C@@H](NC(=O)OCC2c3ccccc3-c3ccccc32)C1)C(=O)O. The second-order valence-corrected chi connectivity index (χ2v) is 10.3. The molecule has 7 nitrogen and oxygen atoms in total. The Hall–Kier alpha value is -3.61. The van der Waals surface area contributed by atoms with Crippen molar-refractivity contribution in [1.29, 1.82) is 0 Å². The minimum absolute atomic E-state index is 0.0288. The van der Waals surface area contributed by atoms with E-state index in [1.54, 1.807) is 20.8 Å². The summed E-state index contributed by atoms with van der Waals surface area (Å²) in [4.78, 5) is 37.0. The highest BCUT2D eigenvalue weighted by molar-refractivity contribution is 5.86. The maximum Gasteiger partial charge on any atom is 0.407 e. The van der Waals surface area contributed by atoms with Crippen molar-refractivity contribution in [2.75, 3.05) is 6.61 Å². The molecule has 0 aromatic heterocycles. The molecule has 7 heteroatoms. The molecule has 2 aliphatic carbocycles. The molecule has 0 saturated carbocycles. The lowest BCUT2D eigenvalue weighted by molar-refractivity contribution is -0.145. The predicted molar refractivity (Wildman–Crippen MR) is 133 cm³/mol. The van der Waals surface area contributed by atoms with E-state index in [0.717, 1.165) is 22.3 Å². The van der Waals surface area contributed by atoms with Crippen LogP contribution in [0.15, 0.2) is 60.7 Å². The number of carbonyl (C=O) groups excluding carboxylic acids is 2. The molecule has 35 heavy (non-hydrogen) atoms. The fraction of sp³-hybridized carbons (Fsp3) is 0.393. The van der Waals surface area contributed by atoms with Crippen LogP contribution in [0.3, 0.4) is 0 Å². The van der Waals surface area contributed by atoms with E-state index in [9.17, 15) is 19.5 Å². The van der Waals surface area contributed by atoms with Gasteiger partial charge in [-0.15, -0.1) is 0 Å². The van der Waals surface area contributed by atoms with Crippen LogP contribution in [0.5, 0.6) is 0 Å². The van der Waals surface area contributed by atoms with E-state index in [-0.39, 0.29) is 24.5 Å². The first kappa shape index (κ1) is 24.5. The topological polar surface area (TPSA) is 105 Å². The molecule has 0 aliphatic heterocycles. The van der Waals surface area contributed by atoms with Crippen molar-refractivity contribution < 1.29 is 24.2 Å². The molecule has 184 valence electrons. The number of allylic oxidation sites excluding steroid dienone is 1. The average molecular weight is 477 g/mol. The zero-order chi connectivity index (χ0) is 25.2. The van der Waals surface area contributed by atoms with E-state index >= 15 is 0 Å². The lowest BCUT2D eigenvalue weighted by Crippen LogP contribution is -2.51. The number of benzene rings is 2. The lowest BCUT2D eigenvalue weighted by atomic mass is 9.85. The van der Waals surface area contributed by atoms with Crippen molar-refractivity contribution in [3.8, 4) is 11.1 Å². The molecule has 3 atom stereocenters. The van der Waals surface area contributed by atoms with Gasteiger partial charge in [0.25, 0.3) is 0 Å². The van der Waals surface area contributed by atoms with Gasteiger partial charge in [0.1, 0.15) is 12.6 Å². The van der Waals surface area contributed by atoms with Crippen molar-refractivity contribution in [3.63, 3.8) is 0 Å². The third kappa shape index (κ3) is 5.39. The van der Waals surface area contributed by atoms with Crippen LogP contribution in [0.2, 0.25) is 0 Å². The summed E-state index contributed by atoms with van der Waals surface area (Å²) in [6.45, 7) is 5.53. The third-order valence-corrected chi connectivity index (χ3v) is 6.74. The van der Waals surface area contributed by atoms with Crippen molar-refractivity contribution >= 4 is 18.0 Å². The van der Waals surface area contributed by atoms with E-state index in [2.05, 4.69) is 34.9 Å². The Balaban J connectivity index is 1.34. The molecule has 0 bridgehead atoms. The van der Waals surface area contributed by atoms with Gasteiger partial charge >= 0.3 is 12.1 Å². The highest BCUT2D eigenvalue weighted by Gasteiger charge is 2.35. The maximum absolute atomic E-state index is 12.8. The molecule has 0 saturated heterocycles. The van der Waals surface area contributed by atoms with Gasteiger partial charge in [-0.3, -0.25) is 4.79 Å². The Labute approximate surface area is 205 Å². The normalized spacial score (nSPS) is 19.9. The standard InChI is InChI=1S/C28H32N2O5/c1-28(2,3)24(26(32)33)30-25(31)17-9-8-10-18(15-17)29-27(34)35-16-23-21-13-6-4-11-19(21)20-12-5-7-14-22(20)23/h4-8,10-14,17-18,23-24H,9,15-16H2,1-3H3,(H,29,34)(H,30,31)(H,32,33)/t17-,18-,24-/m1/s1. The summed E-state index contributed by atoms with van der Waals surface area (Å²) in [6.07, 6.45) is 4.02. The van der Waals surface area contributed by atoms with Crippen LogP contribution in [0, 0.1) is 11.3 Å². The molecule has 3 N–H and O–H groups in total. The fourth-order valence-corrected chi connectivity index (χ4v) is 4.91. The van der Waals surface area contributed by atoms with E-state index in [1.807, 2.05) is 36.4 Å². The van der Waals surface area contributed by atoms with Gasteiger partial charge in [0, 0.05) is 11.8 Å². The predicted octanol–water partition coefficient (Wildman–Crippen LogP) is 4.48. The number of hydrogen-bond acceptors (Lipinski definition) is 4. The molecule has 2 amide bonds. The van der Waals surface area contributed by atoms with Gasteiger partial charge < -0.3 is 20.5 Å². The minimum Gasteiger partial charge on any atom is -0.480 e. The van der Waals surface area contributed by atoms with Gasteiger partial charge in [-0.2, -0.15) is 0 Å². The molecule has 2 aliphatic rings. The number of aliphatic carboxylic acids is 1. The van der Waals surface area contributed by atoms with E-state index in [4.69, 9.17) is 4.74 Å². The second kappa shape index (κ2) is 9.94. The van der Waals surface area contributed by atoms with Crippen LogP contribution in [0.4, 0.5) is 4.79 Å². The Morgan fingerprint density at radius 3 is 2.20 bits per heavy atom. The first-order valence-electron chi connectivity index (χ1n) is 12.0. The zero-order valence-corrected chi connectivity index (χ0v) is 20.3. The summed E-state index contributed by atoms with van der Waals surface area (Å²) < 4.78 is 5.62. The highest BCUT2D eigenvalue weighted by Crippen LogP contribution is 2.44. The molecule has 4 rings (SSSR count). The van der Waals surface area contributed by atoms with Crippen LogP contribution >= 0.6 is 0 Å². The van der Waals surface area contributed by atoms with Gasteiger partial charge in [0.2, 0.25) is 5.91 Å². The van der Waals surface area contributed by atoms with Crippen molar-refractivity contribution in [2.45, 2.75) is 51.6 Å². The molecule has 2 aromatic rings. The minimum atomic E-state index is -1.06. The number of carboxylic acids is 1. The maximum atomic E-state index is 12.8. The molecule has 0 unspecified atom stereocenters. The van der Waals surface area contributed by atoms with E-state index in [0.29, 0.717) is 12.8 Å². The van der Waals surface area contributed by atoms with E-state index < -0.39 is 29.4 Å². The summed E-state index contributed by atoms with van der Waals surface area (Å²) in [6, 6.07) is 14.9. The smallest absolute Gasteiger partial charge is 0.407 e. The number of carboxylic acid groups (broad SMARTS) is 1. The van der Waals surface area contributed by atoms with Crippen LogP contribution in [0.1, 0.15) is 50.7 Å². The van der Waals surface area contributed by atoms with Gasteiger partial charge in [-0.1, -0.05) is 81.5 Å². The fourth-order valence-electron chi connectivity index (χ4n) is 4.91. The summed E-state index contributed by atoms with van der Waals surface area (Å²) >= 11 is 0. The zero-order valence-electron chi connectivity index (χ0n) is 20.3.